The molecule has 104 valence electrons. The average molecular weight is 333 g/mol. The zero-order chi connectivity index (χ0) is 14.7. The molecule has 0 unspecified atom stereocenters. The maximum atomic E-state index is 12.6. The Kier molecular flexibility index (Phi) is 4.45. The number of nitrogen functional groups attached to an aromatic ring is 1. The second kappa shape index (κ2) is 6.09. The molecule has 20 heavy (non-hydrogen) atoms. The normalized spacial score (nSPS) is 10.3. The Bertz CT molecular complexity index is 603. The number of rotatable bonds is 3. The molecule has 1 amide bonds. The van der Waals surface area contributed by atoms with E-state index in [1.807, 2.05) is 44.2 Å². The second-order valence-corrected chi connectivity index (χ2v) is 5.57. The zero-order valence-corrected chi connectivity index (χ0v) is 13.1. The van der Waals surface area contributed by atoms with E-state index < -0.39 is 0 Å². The van der Waals surface area contributed by atoms with Gasteiger partial charge < -0.3 is 10.6 Å². The first-order chi connectivity index (χ1) is 9.51. The molecule has 3 nitrogen and oxygen atoms in total. The summed E-state index contributed by atoms with van der Waals surface area (Å²) in [6, 6.07) is 13.1. The van der Waals surface area contributed by atoms with Crippen molar-refractivity contribution in [2.75, 3.05) is 17.2 Å². The van der Waals surface area contributed by atoms with Crippen molar-refractivity contribution in [2.45, 2.75) is 13.8 Å². The number of carbonyl (C=O) groups excluding carboxylic acids is 1. The summed E-state index contributed by atoms with van der Waals surface area (Å²) in [6.45, 7) is 4.54. The molecule has 0 heterocycles. The minimum Gasteiger partial charge on any atom is -0.399 e. The molecule has 0 aliphatic rings. The molecule has 0 fully saturated rings. The number of halogens is 1. The van der Waals surface area contributed by atoms with Crippen molar-refractivity contribution >= 4 is 33.2 Å². The summed E-state index contributed by atoms with van der Waals surface area (Å²) in [6.07, 6.45) is 0. The number of aryl methyl sites for hydroxylation is 1. The maximum absolute atomic E-state index is 12.6. The van der Waals surface area contributed by atoms with Gasteiger partial charge in [0.25, 0.3) is 5.91 Å². The molecule has 0 atom stereocenters. The molecule has 4 heteroatoms. The van der Waals surface area contributed by atoms with Gasteiger partial charge in [0, 0.05) is 28.0 Å². The standard InChI is InChI=1S/C16H17BrN2O/c1-3-19(15-6-4-14(18)5-7-15)16(20)12-8-11(2)9-13(17)10-12/h4-10H,3,18H2,1-2H3. The summed E-state index contributed by atoms with van der Waals surface area (Å²) in [4.78, 5) is 14.4. The number of amides is 1. The number of anilines is 2. The van der Waals surface area contributed by atoms with Crippen LogP contribution < -0.4 is 10.6 Å². The van der Waals surface area contributed by atoms with Crippen LogP contribution in [-0.4, -0.2) is 12.5 Å². The molecule has 0 saturated heterocycles. The lowest BCUT2D eigenvalue weighted by molar-refractivity contribution is 0.0988. The topological polar surface area (TPSA) is 46.3 Å². The van der Waals surface area contributed by atoms with Crippen LogP contribution in [0.2, 0.25) is 0 Å². The monoisotopic (exact) mass is 332 g/mol. The third-order valence-corrected chi connectivity index (χ3v) is 3.51. The van der Waals surface area contributed by atoms with Gasteiger partial charge in [0.05, 0.1) is 0 Å². The molecule has 0 aliphatic heterocycles. The fourth-order valence-electron chi connectivity index (χ4n) is 2.11. The highest BCUT2D eigenvalue weighted by Crippen LogP contribution is 2.21. The molecule has 2 aromatic carbocycles. The van der Waals surface area contributed by atoms with Gasteiger partial charge in [0.15, 0.2) is 0 Å². The lowest BCUT2D eigenvalue weighted by atomic mass is 10.1. The van der Waals surface area contributed by atoms with E-state index in [1.165, 1.54) is 0 Å². The summed E-state index contributed by atoms with van der Waals surface area (Å²) in [5, 5.41) is 0. The van der Waals surface area contributed by atoms with Crippen LogP contribution in [0.4, 0.5) is 11.4 Å². The Morgan fingerprint density at radius 3 is 2.40 bits per heavy atom. The van der Waals surface area contributed by atoms with E-state index >= 15 is 0 Å². The van der Waals surface area contributed by atoms with Gasteiger partial charge in [-0.3, -0.25) is 4.79 Å². The van der Waals surface area contributed by atoms with Crippen molar-refractivity contribution in [2.24, 2.45) is 0 Å². The Labute approximate surface area is 127 Å². The number of benzene rings is 2. The quantitative estimate of drug-likeness (QED) is 0.863. The highest BCUT2D eigenvalue weighted by atomic mass is 79.9. The second-order valence-electron chi connectivity index (χ2n) is 4.66. The number of hydrogen-bond acceptors (Lipinski definition) is 2. The van der Waals surface area contributed by atoms with Crippen LogP contribution >= 0.6 is 15.9 Å². The molecule has 2 aromatic rings. The maximum Gasteiger partial charge on any atom is 0.258 e. The van der Waals surface area contributed by atoms with Crippen molar-refractivity contribution in [3.05, 3.63) is 58.1 Å². The number of nitrogens with zero attached hydrogens (tertiary/aromatic N) is 1. The first-order valence-electron chi connectivity index (χ1n) is 6.46. The van der Waals surface area contributed by atoms with E-state index in [-0.39, 0.29) is 5.91 Å². The molecular weight excluding hydrogens is 316 g/mol. The fraction of sp³-hybridized carbons (Fsp3) is 0.188. The molecule has 2 rings (SSSR count). The predicted molar refractivity (Wildman–Crippen MR) is 87.1 cm³/mol. The Morgan fingerprint density at radius 2 is 1.85 bits per heavy atom. The Hall–Kier alpha value is -1.81. The largest absolute Gasteiger partial charge is 0.399 e. The fourth-order valence-corrected chi connectivity index (χ4v) is 2.72. The van der Waals surface area contributed by atoms with Gasteiger partial charge in [0.1, 0.15) is 0 Å². The minimum absolute atomic E-state index is 0.0123. The molecule has 0 saturated carbocycles. The molecule has 2 N–H and O–H groups in total. The first kappa shape index (κ1) is 14.6. The van der Waals surface area contributed by atoms with Gasteiger partial charge >= 0.3 is 0 Å². The molecular formula is C16H17BrN2O. The molecule has 0 radical (unpaired) electrons. The SMILES string of the molecule is CCN(C(=O)c1cc(C)cc(Br)c1)c1ccc(N)cc1. The zero-order valence-electron chi connectivity index (χ0n) is 11.6. The van der Waals surface area contributed by atoms with E-state index in [2.05, 4.69) is 15.9 Å². The van der Waals surface area contributed by atoms with E-state index in [9.17, 15) is 4.79 Å². The number of nitrogens with two attached hydrogens (primary N) is 1. The van der Waals surface area contributed by atoms with Crippen LogP contribution in [0.1, 0.15) is 22.8 Å². The van der Waals surface area contributed by atoms with Crippen molar-refractivity contribution in [1.29, 1.82) is 0 Å². The summed E-state index contributed by atoms with van der Waals surface area (Å²) < 4.78 is 0.911. The van der Waals surface area contributed by atoms with Crippen molar-refractivity contribution in [3.8, 4) is 0 Å². The number of carbonyl (C=O) groups is 1. The first-order valence-corrected chi connectivity index (χ1v) is 7.25. The molecule has 0 aliphatic carbocycles. The predicted octanol–water partition coefficient (Wildman–Crippen LogP) is 4.01. The highest BCUT2D eigenvalue weighted by Gasteiger charge is 2.16. The third-order valence-electron chi connectivity index (χ3n) is 3.06. The summed E-state index contributed by atoms with van der Waals surface area (Å²) in [5.74, 6) is -0.0123. The van der Waals surface area contributed by atoms with Crippen LogP contribution in [0.5, 0.6) is 0 Å². The lowest BCUT2D eigenvalue weighted by Gasteiger charge is -2.21. The third kappa shape index (κ3) is 3.20. The molecule has 0 spiro atoms. The highest BCUT2D eigenvalue weighted by molar-refractivity contribution is 9.10. The average Bonchev–Trinajstić information content (AvgIpc) is 2.40. The van der Waals surface area contributed by atoms with Crippen molar-refractivity contribution < 1.29 is 4.79 Å². The van der Waals surface area contributed by atoms with E-state index in [4.69, 9.17) is 5.73 Å². The van der Waals surface area contributed by atoms with Crippen molar-refractivity contribution in [3.63, 3.8) is 0 Å². The molecule has 0 bridgehead atoms. The smallest absolute Gasteiger partial charge is 0.258 e. The van der Waals surface area contributed by atoms with E-state index in [0.717, 1.165) is 15.7 Å². The van der Waals surface area contributed by atoms with Crippen LogP contribution in [0.25, 0.3) is 0 Å². The van der Waals surface area contributed by atoms with Gasteiger partial charge in [0.2, 0.25) is 0 Å². The van der Waals surface area contributed by atoms with E-state index in [1.54, 1.807) is 17.0 Å². The Morgan fingerprint density at radius 1 is 1.20 bits per heavy atom. The van der Waals surface area contributed by atoms with Crippen LogP contribution in [0.3, 0.4) is 0 Å². The van der Waals surface area contributed by atoms with Crippen molar-refractivity contribution in [1.82, 2.24) is 0 Å². The summed E-state index contributed by atoms with van der Waals surface area (Å²) in [7, 11) is 0. The van der Waals surface area contributed by atoms with Crippen LogP contribution in [-0.2, 0) is 0 Å². The van der Waals surface area contributed by atoms with Gasteiger partial charge in [-0.2, -0.15) is 0 Å². The lowest BCUT2D eigenvalue weighted by Crippen LogP contribution is -2.30. The van der Waals surface area contributed by atoms with Gasteiger partial charge in [-0.15, -0.1) is 0 Å². The minimum atomic E-state index is -0.0123. The summed E-state index contributed by atoms with van der Waals surface area (Å²) in [5.41, 5.74) is 8.96. The van der Waals surface area contributed by atoms with Gasteiger partial charge in [-0.05, 0) is 61.9 Å². The van der Waals surface area contributed by atoms with E-state index in [0.29, 0.717) is 17.8 Å². The van der Waals surface area contributed by atoms with Crippen LogP contribution in [0.15, 0.2) is 46.9 Å². The van der Waals surface area contributed by atoms with Gasteiger partial charge in [-0.1, -0.05) is 15.9 Å². The van der Waals surface area contributed by atoms with Gasteiger partial charge in [-0.25, -0.2) is 0 Å². The molecule has 0 aromatic heterocycles. The summed E-state index contributed by atoms with van der Waals surface area (Å²) >= 11 is 3.43. The number of hydrogen-bond donors (Lipinski definition) is 1. The van der Waals surface area contributed by atoms with Crippen LogP contribution in [0, 0.1) is 6.92 Å². The Balaban J connectivity index is 2.36.